The number of methoxy groups -OCH3 is 1. The van der Waals surface area contributed by atoms with Crippen LogP contribution in [-0.4, -0.2) is 66.0 Å². The number of hydrogen-bond donors (Lipinski definition) is 3. The van der Waals surface area contributed by atoms with Crippen LogP contribution in [0.5, 0.6) is 11.5 Å². The molecule has 1 aliphatic carbocycles. The zero-order valence-electron chi connectivity index (χ0n) is 22.2. The maximum atomic E-state index is 14.9. The minimum atomic E-state index is -3.74. The van der Waals surface area contributed by atoms with Crippen molar-refractivity contribution in [3.63, 3.8) is 0 Å². The van der Waals surface area contributed by atoms with Crippen molar-refractivity contribution >= 4 is 49.4 Å². The highest BCUT2D eigenvalue weighted by atomic mass is 32.2. The fraction of sp³-hybridized carbons (Fsp3) is 0.259. The number of amides is 3. The van der Waals surface area contributed by atoms with Crippen LogP contribution in [-0.2, 0) is 21.3 Å². The summed E-state index contributed by atoms with van der Waals surface area (Å²) in [6.07, 6.45) is 3.10. The van der Waals surface area contributed by atoms with E-state index in [-0.39, 0.29) is 31.1 Å². The second-order valence-electron chi connectivity index (χ2n) is 9.43. The molecule has 3 amide bonds. The number of hydrogen-bond acceptors (Lipinski definition) is 9. The molecule has 15 heteroatoms. The van der Waals surface area contributed by atoms with E-state index in [1.54, 1.807) is 24.4 Å². The lowest BCUT2D eigenvalue weighted by atomic mass is 10.2. The summed E-state index contributed by atoms with van der Waals surface area (Å²) in [6.45, 7) is 0.687. The number of benzene rings is 1. The molecule has 12 nitrogen and oxygen atoms in total. The van der Waals surface area contributed by atoms with Crippen molar-refractivity contribution in [3.8, 4) is 22.1 Å². The van der Waals surface area contributed by atoms with Crippen LogP contribution in [0.15, 0.2) is 54.9 Å². The third-order valence-corrected chi connectivity index (χ3v) is 9.25. The van der Waals surface area contributed by atoms with Crippen molar-refractivity contribution in [2.75, 3.05) is 25.6 Å². The predicted molar refractivity (Wildman–Crippen MR) is 154 cm³/mol. The van der Waals surface area contributed by atoms with Gasteiger partial charge in [-0.05, 0) is 42.7 Å². The molecule has 3 N–H and O–H groups in total. The van der Waals surface area contributed by atoms with E-state index in [9.17, 15) is 27.5 Å². The smallest absolute Gasteiger partial charge is 0.407 e. The van der Waals surface area contributed by atoms with E-state index < -0.39 is 33.2 Å². The van der Waals surface area contributed by atoms with Gasteiger partial charge in [0.05, 0.1) is 39.2 Å². The fourth-order valence-electron chi connectivity index (χ4n) is 3.98. The molecule has 1 fully saturated rings. The molecular weight excluding hydrogens is 589 g/mol. The SMILES string of the molecule is COCCN(Cc1ccc(-c2cc3nccc(Oc4ccc(NC(=O)NS(=O)(=O)C5CC5)cc4F)c3s2)nc1)C(=O)O. The monoisotopic (exact) mass is 615 g/mol. The van der Waals surface area contributed by atoms with Gasteiger partial charge in [-0.2, -0.15) is 0 Å². The molecule has 3 heterocycles. The van der Waals surface area contributed by atoms with Gasteiger partial charge in [-0.25, -0.2) is 27.1 Å². The van der Waals surface area contributed by atoms with Crippen LogP contribution >= 0.6 is 11.3 Å². The van der Waals surface area contributed by atoms with Crippen molar-refractivity contribution in [1.82, 2.24) is 19.6 Å². The number of carbonyl (C=O) groups is 2. The molecule has 0 spiro atoms. The first-order valence-electron chi connectivity index (χ1n) is 12.7. The number of nitrogens with zero attached hydrogens (tertiary/aromatic N) is 3. The predicted octanol–water partition coefficient (Wildman–Crippen LogP) is 5.03. The Morgan fingerprint density at radius 1 is 1.14 bits per heavy atom. The zero-order valence-corrected chi connectivity index (χ0v) is 23.9. The lowest BCUT2D eigenvalue weighted by Gasteiger charge is -2.18. The van der Waals surface area contributed by atoms with Crippen LogP contribution in [0, 0.1) is 5.82 Å². The van der Waals surface area contributed by atoms with E-state index in [2.05, 4.69) is 15.3 Å². The molecule has 220 valence electrons. The molecule has 1 aromatic carbocycles. The number of fused-ring (bicyclic) bond motifs is 1. The summed E-state index contributed by atoms with van der Waals surface area (Å²) in [7, 11) is -2.23. The summed E-state index contributed by atoms with van der Waals surface area (Å²) in [6, 6.07) is 9.80. The summed E-state index contributed by atoms with van der Waals surface area (Å²) in [5.41, 5.74) is 2.04. The molecule has 0 saturated heterocycles. The van der Waals surface area contributed by atoms with Crippen LogP contribution < -0.4 is 14.8 Å². The first kappa shape index (κ1) is 29.2. The number of rotatable bonds is 11. The lowest BCUT2D eigenvalue weighted by molar-refractivity contribution is 0.115. The van der Waals surface area contributed by atoms with Crippen LogP contribution in [0.25, 0.3) is 20.8 Å². The Kier molecular flexibility index (Phi) is 8.51. The highest BCUT2D eigenvalue weighted by molar-refractivity contribution is 7.91. The average Bonchev–Trinajstić information content (AvgIpc) is 3.72. The fourth-order valence-corrected chi connectivity index (χ4v) is 6.25. The molecule has 0 atom stereocenters. The summed E-state index contributed by atoms with van der Waals surface area (Å²) < 4.78 is 52.1. The molecule has 1 saturated carbocycles. The van der Waals surface area contributed by atoms with Crippen LogP contribution in [0.4, 0.5) is 19.7 Å². The molecular formula is C27H26FN5O7S2. The summed E-state index contributed by atoms with van der Waals surface area (Å²) in [4.78, 5) is 34.4. The third-order valence-electron chi connectivity index (χ3n) is 6.27. The van der Waals surface area contributed by atoms with E-state index in [4.69, 9.17) is 9.47 Å². The van der Waals surface area contributed by atoms with E-state index >= 15 is 0 Å². The van der Waals surface area contributed by atoms with Gasteiger partial charge in [0.1, 0.15) is 5.75 Å². The minimum Gasteiger partial charge on any atom is -0.465 e. The number of carboxylic acid groups (broad SMARTS) is 1. The number of anilines is 1. The van der Waals surface area contributed by atoms with E-state index in [0.29, 0.717) is 34.5 Å². The van der Waals surface area contributed by atoms with Crippen molar-refractivity contribution in [2.45, 2.75) is 24.6 Å². The van der Waals surface area contributed by atoms with E-state index in [1.807, 2.05) is 10.8 Å². The topological polar surface area (TPSA) is 160 Å². The van der Waals surface area contributed by atoms with Crippen molar-refractivity contribution in [2.24, 2.45) is 0 Å². The number of aromatic nitrogens is 2. The van der Waals surface area contributed by atoms with Crippen molar-refractivity contribution in [3.05, 3.63) is 66.2 Å². The molecule has 0 bridgehead atoms. The standard InChI is InChI=1S/C27H26FN5O7S2/c1-39-11-10-33(27(35)36)15-16-2-6-20(30-14-16)24-13-21-25(41-24)23(8-9-29-21)40-22-7-3-17(12-19(22)28)31-26(34)32-42(37,38)18-4-5-18/h2-3,6-9,12-14,18H,4-5,10-11,15H2,1H3,(H,35,36)(H2,31,32,34). The maximum absolute atomic E-state index is 14.9. The maximum Gasteiger partial charge on any atom is 0.407 e. The van der Waals surface area contributed by atoms with Crippen LogP contribution in [0.3, 0.4) is 0 Å². The van der Waals surface area contributed by atoms with Crippen LogP contribution in [0.1, 0.15) is 18.4 Å². The van der Waals surface area contributed by atoms with Gasteiger partial charge in [0.15, 0.2) is 11.6 Å². The van der Waals surface area contributed by atoms with E-state index in [0.717, 1.165) is 16.5 Å². The number of sulfonamides is 1. The van der Waals surface area contributed by atoms with Gasteiger partial charge in [0.25, 0.3) is 0 Å². The number of thiophene rings is 1. The summed E-state index contributed by atoms with van der Waals surface area (Å²) in [5, 5.41) is 11.1. The zero-order chi connectivity index (χ0) is 29.9. The number of carbonyl (C=O) groups excluding carboxylic acids is 1. The second kappa shape index (κ2) is 12.3. The van der Waals surface area contributed by atoms with Gasteiger partial charge in [-0.15, -0.1) is 11.3 Å². The highest BCUT2D eigenvalue weighted by Gasteiger charge is 2.36. The van der Waals surface area contributed by atoms with Crippen molar-refractivity contribution < 1.29 is 37.0 Å². The molecule has 0 radical (unpaired) electrons. The molecule has 0 aliphatic heterocycles. The molecule has 4 aromatic rings. The Hall–Kier alpha value is -4.34. The second-order valence-corrected chi connectivity index (χ2v) is 12.4. The Morgan fingerprint density at radius 3 is 2.62 bits per heavy atom. The Bertz CT molecular complexity index is 1730. The largest absolute Gasteiger partial charge is 0.465 e. The lowest BCUT2D eigenvalue weighted by Crippen LogP contribution is -2.36. The third kappa shape index (κ3) is 6.92. The Labute approximate surface area is 244 Å². The number of urea groups is 1. The normalized spacial score (nSPS) is 13.1. The highest BCUT2D eigenvalue weighted by Crippen LogP contribution is 2.39. The molecule has 42 heavy (non-hydrogen) atoms. The van der Waals surface area contributed by atoms with Gasteiger partial charge in [-0.3, -0.25) is 9.97 Å². The van der Waals surface area contributed by atoms with Gasteiger partial charge in [0, 0.05) is 43.9 Å². The first-order chi connectivity index (χ1) is 20.1. The van der Waals surface area contributed by atoms with Gasteiger partial charge in [0.2, 0.25) is 10.0 Å². The molecule has 5 rings (SSSR count). The number of ether oxygens (including phenoxy) is 2. The summed E-state index contributed by atoms with van der Waals surface area (Å²) >= 11 is 1.35. The molecule has 3 aromatic heterocycles. The average molecular weight is 616 g/mol. The number of halogens is 1. The Morgan fingerprint density at radius 2 is 1.95 bits per heavy atom. The number of pyridine rings is 2. The minimum absolute atomic E-state index is 0.0568. The van der Waals surface area contributed by atoms with Gasteiger partial charge >= 0.3 is 12.1 Å². The summed E-state index contributed by atoms with van der Waals surface area (Å²) in [5.74, 6) is -0.512. The Balaban J connectivity index is 1.28. The van der Waals surface area contributed by atoms with Crippen LogP contribution in [0.2, 0.25) is 0 Å². The first-order valence-corrected chi connectivity index (χ1v) is 15.1. The molecule has 1 aliphatic rings. The van der Waals surface area contributed by atoms with E-state index in [1.165, 1.54) is 41.7 Å². The van der Waals surface area contributed by atoms with Gasteiger partial charge < -0.3 is 24.8 Å². The van der Waals surface area contributed by atoms with Crippen molar-refractivity contribution in [1.29, 1.82) is 0 Å². The molecule has 0 unspecified atom stereocenters. The quantitative estimate of drug-likeness (QED) is 0.210. The van der Waals surface area contributed by atoms with Gasteiger partial charge in [-0.1, -0.05) is 6.07 Å². The number of nitrogens with one attached hydrogen (secondary N) is 2.